The van der Waals surface area contributed by atoms with E-state index in [9.17, 15) is 14.7 Å². The maximum absolute atomic E-state index is 12.4. The minimum atomic E-state index is -2.31. The summed E-state index contributed by atoms with van der Waals surface area (Å²) in [4.78, 5) is 24.2. The number of methoxy groups -OCH3 is 1. The molecule has 0 spiro atoms. The predicted molar refractivity (Wildman–Crippen MR) is 124 cm³/mol. The smallest absolute Gasteiger partial charge is 0.341 e. The van der Waals surface area contributed by atoms with Gasteiger partial charge in [0.2, 0.25) is 0 Å². The summed E-state index contributed by atoms with van der Waals surface area (Å²) < 4.78 is 17.8. The summed E-state index contributed by atoms with van der Waals surface area (Å²) in [7, 11) is -1.01. The highest BCUT2D eigenvalue weighted by molar-refractivity contribution is 6.78. The molecule has 3 aromatic rings. The highest BCUT2D eigenvalue weighted by Gasteiger charge is 2.47. The number of carbonyl (C=O) groups is 2. The van der Waals surface area contributed by atoms with Gasteiger partial charge in [-0.15, -0.1) is 0 Å². The van der Waals surface area contributed by atoms with Crippen LogP contribution in [0.4, 0.5) is 0 Å². The Morgan fingerprint density at radius 3 is 2.03 bits per heavy atom. The lowest BCUT2D eigenvalue weighted by Gasteiger charge is -2.42. The molecule has 0 unspecified atom stereocenters. The number of rotatable bonds is 7. The van der Waals surface area contributed by atoms with Crippen LogP contribution in [0.2, 0.25) is 16.6 Å². The van der Waals surface area contributed by atoms with Crippen LogP contribution in [0, 0.1) is 0 Å². The highest BCUT2D eigenvalue weighted by atomic mass is 28.4. The number of esters is 1. The van der Waals surface area contributed by atoms with Crippen LogP contribution in [0.15, 0.2) is 34.7 Å². The van der Waals surface area contributed by atoms with Gasteiger partial charge in [0.05, 0.1) is 12.5 Å². The molecule has 3 rings (SSSR count). The second-order valence-electron chi connectivity index (χ2n) is 8.82. The van der Waals surface area contributed by atoms with Crippen molar-refractivity contribution in [3.05, 3.63) is 41.5 Å². The number of carboxylic acids is 1. The van der Waals surface area contributed by atoms with Crippen LogP contribution in [-0.2, 0) is 4.74 Å². The molecule has 0 amide bonds. The molecule has 1 heterocycles. The van der Waals surface area contributed by atoms with Gasteiger partial charge in [-0.2, -0.15) is 0 Å². The van der Waals surface area contributed by atoms with Crippen molar-refractivity contribution in [2.45, 2.75) is 58.2 Å². The zero-order valence-electron chi connectivity index (χ0n) is 19.1. The first kappa shape index (κ1) is 22.9. The summed E-state index contributed by atoms with van der Waals surface area (Å²) in [5.74, 6) is -1.03. The van der Waals surface area contributed by atoms with E-state index in [-0.39, 0.29) is 22.3 Å². The monoisotopic (exact) mass is 442 g/mol. The van der Waals surface area contributed by atoms with Crippen LogP contribution < -0.4 is 4.43 Å². The van der Waals surface area contributed by atoms with Crippen molar-refractivity contribution >= 4 is 42.2 Å². The summed E-state index contributed by atoms with van der Waals surface area (Å²) in [6.07, 6.45) is 0. The number of hydrogen-bond acceptors (Lipinski definition) is 5. The van der Waals surface area contributed by atoms with Crippen LogP contribution in [0.5, 0.6) is 5.75 Å². The van der Waals surface area contributed by atoms with E-state index in [1.54, 1.807) is 24.3 Å². The average molecular weight is 443 g/mol. The Morgan fingerprint density at radius 1 is 0.903 bits per heavy atom. The van der Waals surface area contributed by atoms with Crippen LogP contribution in [0.1, 0.15) is 62.3 Å². The molecule has 0 fully saturated rings. The van der Waals surface area contributed by atoms with E-state index in [1.807, 2.05) is 0 Å². The van der Waals surface area contributed by atoms with E-state index in [0.717, 1.165) is 0 Å². The van der Waals surface area contributed by atoms with Gasteiger partial charge in [-0.1, -0.05) is 53.7 Å². The van der Waals surface area contributed by atoms with E-state index in [2.05, 4.69) is 41.5 Å². The second kappa shape index (κ2) is 8.38. The number of carbonyl (C=O) groups excluding carboxylic acids is 1. The molecule has 0 atom stereocenters. The van der Waals surface area contributed by atoms with Crippen molar-refractivity contribution in [2.75, 3.05) is 7.11 Å². The number of hydrogen-bond donors (Lipinski definition) is 1. The number of para-hydroxylation sites is 1. The quantitative estimate of drug-likeness (QED) is 0.327. The molecule has 7 heteroatoms. The standard InChI is InChI=1S/C24H30O6Si/c1-13(2)31(14(3)4,15(5)6)30-19-12-11-18(24(27)28-7)22-20(19)16-9-8-10-17(23(25)26)21(16)29-22/h8-15H,1-7H3,(H,25,26). The molecule has 0 radical (unpaired) electrons. The zero-order chi connectivity index (χ0) is 23.1. The average Bonchev–Trinajstić information content (AvgIpc) is 3.10. The van der Waals surface area contributed by atoms with E-state index in [0.29, 0.717) is 33.1 Å². The van der Waals surface area contributed by atoms with Crippen LogP contribution in [0.3, 0.4) is 0 Å². The van der Waals surface area contributed by atoms with E-state index >= 15 is 0 Å². The van der Waals surface area contributed by atoms with Gasteiger partial charge in [0.25, 0.3) is 8.32 Å². The van der Waals surface area contributed by atoms with Crippen molar-refractivity contribution in [1.29, 1.82) is 0 Å². The minimum Gasteiger partial charge on any atom is -0.542 e. The number of furan rings is 1. The van der Waals surface area contributed by atoms with Gasteiger partial charge in [0, 0.05) is 5.39 Å². The highest BCUT2D eigenvalue weighted by Crippen LogP contribution is 2.46. The topological polar surface area (TPSA) is 86.0 Å². The Kier molecular flexibility index (Phi) is 6.18. The molecule has 1 N–H and O–H groups in total. The SMILES string of the molecule is COC(=O)c1ccc(O[Si](C(C)C)(C(C)C)C(C)C)c2c1oc1c(C(=O)O)cccc12. The van der Waals surface area contributed by atoms with Crippen molar-refractivity contribution < 1.29 is 28.3 Å². The van der Waals surface area contributed by atoms with Gasteiger partial charge < -0.3 is 18.7 Å². The van der Waals surface area contributed by atoms with Crippen molar-refractivity contribution in [2.24, 2.45) is 0 Å². The molecule has 0 saturated carbocycles. The largest absolute Gasteiger partial charge is 0.542 e. The fraction of sp³-hybridized carbons (Fsp3) is 0.417. The summed E-state index contributed by atoms with van der Waals surface area (Å²) in [5, 5.41) is 10.8. The number of benzene rings is 2. The number of ether oxygens (including phenoxy) is 1. The first-order chi connectivity index (χ1) is 14.6. The Labute approximate surface area is 183 Å². The fourth-order valence-electron chi connectivity index (χ4n) is 4.94. The van der Waals surface area contributed by atoms with Crippen molar-refractivity contribution in [3.8, 4) is 5.75 Å². The lowest BCUT2D eigenvalue weighted by molar-refractivity contribution is 0.0601. The first-order valence-corrected chi connectivity index (χ1v) is 12.7. The van der Waals surface area contributed by atoms with Gasteiger partial charge in [0.15, 0.2) is 5.58 Å². The van der Waals surface area contributed by atoms with E-state index < -0.39 is 20.3 Å². The molecule has 0 saturated heterocycles. The minimum absolute atomic E-state index is 0.0375. The molecule has 2 aromatic carbocycles. The molecular formula is C24H30O6Si. The van der Waals surface area contributed by atoms with Gasteiger partial charge >= 0.3 is 11.9 Å². The maximum Gasteiger partial charge on any atom is 0.341 e. The maximum atomic E-state index is 12.4. The summed E-state index contributed by atoms with van der Waals surface area (Å²) in [5.41, 5.74) is 1.81. The van der Waals surface area contributed by atoms with Gasteiger partial charge in [-0.25, -0.2) is 9.59 Å². The van der Waals surface area contributed by atoms with E-state index in [4.69, 9.17) is 13.6 Å². The van der Waals surface area contributed by atoms with Gasteiger partial charge in [-0.3, -0.25) is 0 Å². The Morgan fingerprint density at radius 2 is 1.52 bits per heavy atom. The van der Waals surface area contributed by atoms with Crippen molar-refractivity contribution in [3.63, 3.8) is 0 Å². The molecule has 166 valence electrons. The summed E-state index contributed by atoms with van der Waals surface area (Å²) in [6, 6.07) is 8.37. The third kappa shape index (κ3) is 3.61. The Bertz CT molecular complexity index is 1120. The van der Waals surface area contributed by atoms with Crippen LogP contribution in [-0.4, -0.2) is 32.5 Å². The summed E-state index contributed by atoms with van der Waals surface area (Å²) >= 11 is 0. The Hall–Kier alpha value is -2.80. The van der Waals surface area contributed by atoms with Gasteiger partial charge in [-0.05, 0) is 34.8 Å². The summed E-state index contributed by atoms with van der Waals surface area (Å²) in [6.45, 7) is 13.2. The molecule has 0 bridgehead atoms. The van der Waals surface area contributed by atoms with Crippen LogP contribution >= 0.6 is 0 Å². The van der Waals surface area contributed by atoms with Crippen molar-refractivity contribution in [1.82, 2.24) is 0 Å². The molecule has 0 aliphatic carbocycles. The number of carboxylic acid groups (broad SMARTS) is 1. The van der Waals surface area contributed by atoms with Gasteiger partial charge in [0.1, 0.15) is 22.5 Å². The Balaban J connectivity index is 2.40. The second-order valence-corrected chi connectivity index (χ2v) is 14.2. The normalized spacial score (nSPS) is 12.3. The lowest BCUT2D eigenvalue weighted by atomic mass is 10.1. The number of aromatic carboxylic acids is 1. The molecule has 6 nitrogen and oxygen atoms in total. The lowest BCUT2D eigenvalue weighted by Crippen LogP contribution is -2.50. The third-order valence-electron chi connectivity index (χ3n) is 6.24. The molecular weight excluding hydrogens is 412 g/mol. The third-order valence-corrected chi connectivity index (χ3v) is 12.2. The molecule has 1 aromatic heterocycles. The molecule has 31 heavy (non-hydrogen) atoms. The molecule has 0 aliphatic rings. The van der Waals surface area contributed by atoms with Crippen LogP contribution in [0.25, 0.3) is 21.9 Å². The predicted octanol–water partition coefficient (Wildman–Crippen LogP) is 6.63. The zero-order valence-corrected chi connectivity index (χ0v) is 20.1. The molecule has 0 aliphatic heterocycles. The number of fused-ring (bicyclic) bond motifs is 3. The first-order valence-electron chi connectivity index (χ1n) is 10.5. The fourth-order valence-corrected chi connectivity index (χ4v) is 10.2. The van der Waals surface area contributed by atoms with E-state index in [1.165, 1.54) is 13.2 Å².